The van der Waals surface area contributed by atoms with Gasteiger partial charge in [-0.15, -0.1) is 0 Å². The molecule has 3 rings (SSSR count). The molecule has 0 radical (unpaired) electrons. The van der Waals surface area contributed by atoms with Gasteiger partial charge in [0.1, 0.15) is 5.82 Å². The van der Waals surface area contributed by atoms with E-state index >= 15 is 0 Å². The number of carbonyl (C=O) groups is 1. The Morgan fingerprint density at radius 1 is 0.966 bits per heavy atom. The molecule has 156 valence electrons. The van der Waals surface area contributed by atoms with Crippen molar-refractivity contribution in [3.63, 3.8) is 0 Å². The van der Waals surface area contributed by atoms with Gasteiger partial charge in [0.25, 0.3) is 0 Å². The van der Waals surface area contributed by atoms with Crippen LogP contribution in [0.5, 0.6) is 0 Å². The summed E-state index contributed by atoms with van der Waals surface area (Å²) < 4.78 is 56.1. The molecule has 2 nitrogen and oxygen atoms in total. The van der Waals surface area contributed by atoms with Crippen LogP contribution in [-0.2, 0) is 0 Å². The predicted molar refractivity (Wildman–Crippen MR) is 103 cm³/mol. The number of unbranched alkanes of at least 4 members (excludes halogenated alkanes) is 1. The quantitative estimate of drug-likeness (QED) is 0.410. The smallest absolute Gasteiger partial charge is 0.338 e. The summed E-state index contributed by atoms with van der Waals surface area (Å²) in [5.74, 6) is -6.26. The molecule has 2 aromatic rings. The number of halogens is 4. The molecular formula is C23H24F4O2. The van der Waals surface area contributed by atoms with Crippen LogP contribution in [0.15, 0.2) is 24.3 Å². The normalized spacial score (nSPS) is 19.3. The van der Waals surface area contributed by atoms with Crippen molar-refractivity contribution in [2.45, 2.75) is 57.8 Å². The third-order valence-electron chi connectivity index (χ3n) is 5.95. The van der Waals surface area contributed by atoms with Crippen molar-refractivity contribution in [1.29, 1.82) is 0 Å². The monoisotopic (exact) mass is 408 g/mol. The van der Waals surface area contributed by atoms with E-state index in [1.165, 1.54) is 0 Å². The second kappa shape index (κ2) is 8.97. The number of hydrogen-bond donors (Lipinski definition) is 1. The summed E-state index contributed by atoms with van der Waals surface area (Å²) in [4.78, 5) is 11.4. The molecule has 1 saturated carbocycles. The minimum absolute atomic E-state index is 0.0901. The molecule has 0 saturated heterocycles. The van der Waals surface area contributed by atoms with Crippen molar-refractivity contribution in [1.82, 2.24) is 0 Å². The average molecular weight is 408 g/mol. The number of carboxylic acids is 1. The fourth-order valence-corrected chi connectivity index (χ4v) is 4.31. The van der Waals surface area contributed by atoms with Gasteiger partial charge in [-0.1, -0.05) is 26.2 Å². The van der Waals surface area contributed by atoms with Crippen LogP contribution < -0.4 is 0 Å². The van der Waals surface area contributed by atoms with Gasteiger partial charge in [-0.2, -0.15) is 0 Å². The zero-order valence-electron chi connectivity index (χ0n) is 16.3. The van der Waals surface area contributed by atoms with Crippen molar-refractivity contribution >= 4 is 5.97 Å². The molecule has 0 heterocycles. The highest BCUT2D eigenvalue weighted by Crippen LogP contribution is 2.43. The summed E-state index contributed by atoms with van der Waals surface area (Å²) in [6.45, 7) is 2.14. The first-order valence-corrected chi connectivity index (χ1v) is 10.0. The van der Waals surface area contributed by atoms with Crippen LogP contribution in [0, 0.1) is 29.2 Å². The summed E-state index contributed by atoms with van der Waals surface area (Å²) in [6.07, 6.45) is 6.85. The van der Waals surface area contributed by atoms with Gasteiger partial charge in [0.15, 0.2) is 17.5 Å². The van der Waals surface area contributed by atoms with Gasteiger partial charge in [-0.3, -0.25) is 0 Å². The lowest BCUT2D eigenvalue weighted by Gasteiger charge is -2.30. The Morgan fingerprint density at radius 2 is 1.66 bits per heavy atom. The minimum Gasteiger partial charge on any atom is -0.478 e. The lowest BCUT2D eigenvalue weighted by Crippen LogP contribution is -2.15. The zero-order chi connectivity index (χ0) is 21.1. The molecule has 0 aliphatic heterocycles. The van der Waals surface area contributed by atoms with E-state index in [0.717, 1.165) is 69.2 Å². The fraction of sp³-hybridized carbons (Fsp3) is 0.435. The Balaban J connectivity index is 2.03. The third kappa shape index (κ3) is 4.46. The predicted octanol–water partition coefficient (Wildman–Crippen LogP) is 7.07. The fourth-order valence-electron chi connectivity index (χ4n) is 4.31. The Kier molecular flexibility index (Phi) is 6.60. The second-order valence-electron chi connectivity index (χ2n) is 7.81. The van der Waals surface area contributed by atoms with Crippen LogP contribution >= 0.6 is 0 Å². The Morgan fingerprint density at radius 3 is 2.28 bits per heavy atom. The molecule has 1 aliphatic rings. The summed E-state index contributed by atoms with van der Waals surface area (Å²) in [5, 5.41) is 9.26. The molecule has 0 atom stereocenters. The summed E-state index contributed by atoms with van der Waals surface area (Å²) in [7, 11) is 0. The standard InChI is InChI=1S/C23H24F4O2/c1-2-3-4-13-5-7-14(8-6-13)16-12-20(25)18(23(28)29)11-17(16)15-9-10-19(24)22(27)21(15)26/h9-14H,2-8H2,1H3,(H,28,29). The Hall–Kier alpha value is -2.37. The van der Waals surface area contributed by atoms with E-state index in [0.29, 0.717) is 11.5 Å². The largest absolute Gasteiger partial charge is 0.478 e. The Labute approximate surface area is 167 Å². The van der Waals surface area contributed by atoms with Gasteiger partial charge in [0.2, 0.25) is 0 Å². The van der Waals surface area contributed by atoms with Crippen LogP contribution in [-0.4, -0.2) is 11.1 Å². The summed E-state index contributed by atoms with van der Waals surface area (Å²) >= 11 is 0. The van der Waals surface area contributed by atoms with Gasteiger partial charge < -0.3 is 5.11 Å². The van der Waals surface area contributed by atoms with Crippen molar-refractivity contribution in [2.24, 2.45) is 5.92 Å². The second-order valence-corrected chi connectivity index (χ2v) is 7.81. The first-order chi connectivity index (χ1) is 13.8. The van der Waals surface area contributed by atoms with Crippen LogP contribution in [0.1, 0.15) is 73.7 Å². The van der Waals surface area contributed by atoms with E-state index in [1.807, 2.05) is 0 Å². The topological polar surface area (TPSA) is 37.3 Å². The van der Waals surface area contributed by atoms with Gasteiger partial charge >= 0.3 is 5.97 Å². The van der Waals surface area contributed by atoms with Gasteiger partial charge in [0.05, 0.1) is 5.56 Å². The molecule has 2 aromatic carbocycles. The number of aromatic carboxylic acids is 1. The number of benzene rings is 2. The van der Waals surface area contributed by atoms with Gasteiger partial charge in [-0.25, -0.2) is 22.4 Å². The van der Waals surface area contributed by atoms with E-state index in [2.05, 4.69) is 6.92 Å². The molecule has 0 amide bonds. The van der Waals surface area contributed by atoms with Gasteiger partial charge in [0, 0.05) is 5.56 Å². The molecule has 0 spiro atoms. The maximum absolute atomic E-state index is 14.5. The van der Waals surface area contributed by atoms with E-state index < -0.39 is 34.8 Å². The molecule has 0 aromatic heterocycles. The van der Waals surface area contributed by atoms with E-state index in [1.54, 1.807) is 0 Å². The van der Waals surface area contributed by atoms with Crippen LogP contribution in [0.2, 0.25) is 0 Å². The third-order valence-corrected chi connectivity index (χ3v) is 5.95. The lowest BCUT2D eigenvalue weighted by atomic mass is 9.75. The molecule has 1 N–H and O–H groups in total. The number of hydrogen-bond acceptors (Lipinski definition) is 1. The highest BCUT2D eigenvalue weighted by molar-refractivity contribution is 5.90. The van der Waals surface area contributed by atoms with Crippen LogP contribution in [0.3, 0.4) is 0 Å². The van der Waals surface area contributed by atoms with Crippen molar-refractivity contribution in [3.05, 3.63) is 58.7 Å². The SMILES string of the molecule is CCCCC1CCC(c2cc(F)c(C(=O)O)cc2-c2ccc(F)c(F)c2F)CC1. The van der Waals surface area contributed by atoms with Crippen molar-refractivity contribution in [2.75, 3.05) is 0 Å². The summed E-state index contributed by atoms with van der Waals surface area (Å²) in [6, 6.07) is 4.02. The molecular weight excluding hydrogens is 384 g/mol. The summed E-state index contributed by atoms with van der Waals surface area (Å²) in [5.41, 5.74) is -0.317. The maximum atomic E-state index is 14.5. The van der Waals surface area contributed by atoms with Gasteiger partial charge in [-0.05, 0) is 72.9 Å². The molecule has 1 fully saturated rings. The van der Waals surface area contributed by atoms with E-state index in [-0.39, 0.29) is 17.0 Å². The van der Waals surface area contributed by atoms with E-state index in [4.69, 9.17) is 0 Å². The first kappa shape index (κ1) is 21.3. The number of carboxylic acid groups (broad SMARTS) is 1. The van der Waals surface area contributed by atoms with Crippen LogP contribution in [0.25, 0.3) is 11.1 Å². The lowest BCUT2D eigenvalue weighted by molar-refractivity contribution is 0.0692. The molecule has 0 bridgehead atoms. The number of rotatable bonds is 6. The van der Waals surface area contributed by atoms with Crippen molar-refractivity contribution < 1.29 is 27.5 Å². The average Bonchev–Trinajstić information content (AvgIpc) is 2.71. The van der Waals surface area contributed by atoms with Crippen molar-refractivity contribution in [3.8, 4) is 11.1 Å². The highest BCUT2D eigenvalue weighted by Gasteiger charge is 2.28. The highest BCUT2D eigenvalue weighted by atomic mass is 19.2. The van der Waals surface area contributed by atoms with E-state index in [9.17, 15) is 27.5 Å². The van der Waals surface area contributed by atoms with Crippen LogP contribution in [0.4, 0.5) is 17.6 Å². The molecule has 1 aliphatic carbocycles. The molecule has 29 heavy (non-hydrogen) atoms. The zero-order valence-corrected chi connectivity index (χ0v) is 16.3. The maximum Gasteiger partial charge on any atom is 0.338 e. The first-order valence-electron chi connectivity index (χ1n) is 10.0. The molecule has 0 unspecified atom stereocenters. The molecule has 6 heteroatoms. The Bertz CT molecular complexity index is 902. The minimum atomic E-state index is -1.63.